The van der Waals surface area contributed by atoms with Gasteiger partial charge in [-0.25, -0.2) is 4.98 Å². The highest BCUT2D eigenvalue weighted by Gasteiger charge is 2.09. The first-order valence-electron chi connectivity index (χ1n) is 9.33. The summed E-state index contributed by atoms with van der Waals surface area (Å²) in [6, 6.07) is 12.3. The third-order valence-electron chi connectivity index (χ3n) is 4.58. The predicted octanol–water partition coefficient (Wildman–Crippen LogP) is 6.29. The number of aromatic nitrogens is 3. The molecule has 0 aliphatic carbocycles. The van der Waals surface area contributed by atoms with Gasteiger partial charge in [0.1, 0.15) is 5.69 Å². The van der Waals surface area contributed by atoms with E-state index >= 15 is 0 Å². The number of rotatable bonds is 10. The molecule has 0 aliphatic rings. The van der Waals surface area contributed by atoms with E-state index in [1.807, 2.05) is 18.2 Å². The lowest BCUT2D eigenvalue weighted by atomic mass is 10.0. The van der Waals surface area contributed by atoms with Crippen LogP contribution in [0, 0.1) is 0 Å². The van der Waals surface area contributed by atoms with Gasteiger partial charge in [0.05, 0.1) is 11.0 Å². The SMILES string of the molecule is BrCCCCCCCCCc1cccc2[nH]c(-c3ccccn3)nc12. The minimum absolute atomic E-state index is 0.856. The maximum absolute atomic E-state index is 4.81. The molecule has 0 aliphatic heterocycles. The fourth-order valence-corrected chi connectivity index (χ4v) is 3.61. The minimum atomic E-state index is 0.856. The van der Waals surface area contributed by atoms with Gasteiger partial charge in [0, 0.05) is 11.5 Å². The predicted molar refractivity (Wildman–Crippen MR) is 109 cm³/mol. The highest BCUT2D eigenvalue weighted by Crippen LogP contribution is 2.23. The van der Waals surface area contributed by atoms with Crippen LogP contribution >= 0.6 is 15.9 Å². The van der Waals surface area contributed by atoms with Gasteiger partial charge in [-0.15, -0.1) is 0 Å². The molecule has 2 heterocycles. The molecular formula is C21H26BrN3. The van der Waals surface area contributed by atoms with Crippen LogP contribution in [0.5, 0.6) is 0 Å². The van der Waals surface area contributed by atoms with E-state index in [-0.39, 0.29) is 0 Å². The lowest BCUT2D eigenvalue weighted by Crippen LogP contribution is -1.89. The summed E-state index contributed by atoms with van der Waals surface area (Å²) in [7, 11) is 0. The Kier molecular flexibility index (Phi) is 7.04. The molecule has 3 aromatic rings. The smallest absolute Gasteiger partial charge is 0.157 e. The minimum Gasteiger partial charge on any atom is -0.337 e. The highest BCUT2D eigenvalue weighted by atomic mass is 79.9. The zero-order valence-corrected chi connectivity index (χ0v) is 16.3. The van der Waals surface area contributed by atoms with Crippen molar-refractivity contribution < 1.29 is 0 Å². The van der Waals surface area contributed by atoms with Gasteiger partial charge in [0.15, 0.2) is 5.82 Å². The van der Waals surface area contributed by atoms with Crippen LogP contribution in [0.2, 0.25) is 0 Å². The summed E-state index contributed by atoms with van der Waals surface area (Å²) >= 11 is 3.49. The van der Waals surface area contributed by atoms with E-state index in [9.17, 15) is 0 Å². The molecule has 132 valence electrons. The number of para-hydroxylation sites is 1. The van der Waals surface area contributed by atoms with Gasteiger partial charge in [0.25, 0.3) is 0 Å². The van der Waals surface area contributed by atoms with Gasteiger partial charge in [0.2, 0.25) is 0 Å². The maximum Gasteiger partial charge on any atom is 0.157 e. The Labute approximate surface area is 158 Å². The number of nitrogens with one attached hydrogen (secondary N) is 1. The molecular weight excluding hydrogens is 374 g/mol. The van der Waals surface area contributed by atoms with E-state index < -0.39 is 0 Å². The third-order valence-corrected chi connectivity index (χ3v) is 5.14. The number of hydrogen-bond acceptors (Lipinski definition) is 2. The van der Waals surface area contributed by atoms with E-state index in [4.69, 9.17) is 4.98 Å². The monoisotopic (exact) mass is 399 g/mol. The first-order valence-corrected chi connectivity index (χ1v) is 10.5. The average Bonchev–Trinajstić information content (AvgIpc) is 3.10. The molecule has 0 saturated heterocycles. The number of pyridine rings is 1. The van der Waals surface area contributed by atoms with Crippen LogP contribution < -0.4 is 0 Å². The quantitative estimate of drug-likeness (QED) is 0.321. The van der Waals surface area contributed by atoms with Crippen molar-refractivity contribution in [1.82, 2.24) is 15.0 Å². The van der Waals surface area contributed by atoms with Crippen molar-refractivity contribution in [2.24, 2.45) is 0 Å². The Morgan fingerprint density at radius 1 is 0.840 bits per heavy atom. The summed E-state index contributed by atoms with van der Waals surface area (Å²) in [4.78, 5) is 12.6. The van der Waals surface area contributed by atoms with Gasteiger partial charge in [-0.1, -0.05) is 66.2 Å². The van der Waals surface area contributed by atoms with Crippen LogP contribution in [0.1, 0.15) is 50.5 Å². The van der Waals surface area contributed by atoms with Gasteiger partial charge < -0.3 is 4.98 Å². The zero-order valence-electron chi connectivity index (χ0n) is 14.7. The summed E-state index contributed by atoms with van der Waals surface area (Å²) in [5.41, 5.74) is 4.44. The lowest BCUT2D eigenvalue weighted by molar-refractivity contribution is 0.591. The summed E-state index contributed by atoms with van der Waals surface area (Å²) in [5.74, 6) is 0.856. The van der Waals surface area contributed by atoms with Crippen LogP contribution in [0.3, 0.4) is 0 Å². The number of unbranched alkanes of at least 4 members (excludes halogenated alkanes) is 6. The lowest BCUT2D eigenvalue weighted by Gasteiger charge is -2.03. The maximum atomic E-state index is 4.81. The first kappa shape index (κ1) is 18.1. The fourth-order valence-electron chi connectivity index (χ4n) is 3.21. The number of aryl methyl sites for hydroxylation is 1. The third kappa shape index (κ3) is 5.15. The van der Waals surface area contributed by atoms with E-state index in [1.54, 1.807) is 6.20 Å². The second-order valence-electron chi connectivity index (χ2n) is 6.53. The highest BCUT2D eigenvalue weighted by molar-refractivity contribution is 9.09. The van der Waals surface area contributed by atoms with Crippen molar-refractivity contribution in [3.63, 3.8) is 0 Å². The van der Waals surface area contributed by atoms with E-state index in [1.165, 1.54) is 50.5 Å². The molecule has 2 aromatic heterocycles. The molecule has 3 rings (SSSR count). The van der Waals surface area contributed by atoms with Gasteiger partial charge >= 0.3 is 0 Å². The number of benzene rings is 1. The molecule has 0 atom stereocenters. The number of nitrogens with zero attached hydrogens (tertiary/aromatic N) is 2. The number of aromatic amines is 1. The van der Waals surface area contributed by atoms with Gasteiger partial charge in [-0.3, -0.25) is 4.98 Å². The molecule has 0 bridgehead atoms. The van der Waals surface area contributed by atoms with Crippen molar-refractivity contribution in [2.75, 3.05) is 5.33 Å². The Balaban J connectivity index is 1.56. The second-order valence-corrected chi connectivity index (χ2v) is 7.32. The van der Waals surface area contributed by atoms with Crippen LogP contribution in [0.25, 0.3) is 22.6 Å². The van der Waals surface area contributed by atoms with Gasteiger partial charge in [-0.05, 0) is 43.0 Å². The molecule has 0 fully saturated rings. The number of alkyl halides is 1. The normalized spacial score (nSPS) is 11.2. The standard InChI is InChI=1S/C21H26BrN3/c22-15-8-5-3-1-2-4-6-11-17-12-10-14-18-20(17)25-21(24-18)19-13-7-9-16-23-19/h7,9-10,12-14,16H,1-6,8,11,15H2,(H,24,25). The first-order chi connectivity index (χ1) is 12.4. The Bertz CT molecular complexity index is 767. The second kappa shape index (κ2) is 9.71. The molecule has 4 heteroatoms. The summed E-state index contributed by atoms with van der Waals surface area (Å²) in [6.07, 6.45) is 12.2. The number of H-pyrrole nitrogens is 1. The van der Waals surface area contributed by atoms with Crippen LogP contribution in [0.15, 0.2) is 42.6 Å². The van der Waals surface area contributed by atoms with Crippen molar-refractivity contribution in [1.29, 1.82) is 0 Å². The fraction of sp³-hybridized carbons (Fsp3) is 0.429. The topological polar surface area (TPSA) is 41.6 Å². The average molecular weight is 400 g/mol. The number of fused-ring (bicyclic) bond motifs is 1. The van der Waals surface area contributed by atoms with Crippen LogP contribution in [-0.2, 0) is 6.42 Å². The molecule has 1 N–H and O–H groups in total. The number of halogens is 1. The van der Waals surface area contributed by atoms with Crippen molar-refractivity contribution in [3.8, 4) is 11.5 Å². The molecule has 3 nitrogen and oxygen atoms in total. The van der Waals surface area contributed by atoms with Crippen LogP contribution in [-0.4, -0.2) is 20.3 Å². The molecule has 1 aromatic carbocycles. The van der Waals surface area contributed by atoms with E-state index in [2.05, 4.69) is 44.1 Å². The van der Waals surface area contributed by atoms with Crippen LogP contribution in [0.4, 0.5) is 0 Å². The Morgan fingerprint density at radius 2 is 1.64 bits per heavy atom. The van der Waals surface area contributed by atoms with E-state index in [0.29, 0.717) is 0 Å². The summed E-state index contributed by atoms with van der Waals surface area (Å²) in [6.45, 7) is 0. The largest absolute Gasteiger partial charge is 0.337 e. The molecule has 0 spiro atoms. The summed E-state index contributed by atoms with van der Waals surface area (Å²) < 4.78 is 0. The number of hydrogen-bond donors (Lipinski definition) is 1. The molecule has 0 amide bonds. The van der Waals surface area contributed by atoms with Crippen molar-refractivity contribution in [3.05, 3.63) is 48.2 Å². The van der Waals surface area contributed by atoms with Gasteiger partial charge in [-0.2, -0.15) is 0 Å². The molecule has 0 radical (unpaired) electrons. The molecule has 25 heavy (non-hydrogen) atoms. The number of imidazole rings is 1. The molecule has 0 saturated carbocycles. The van der Waals surface area contributed by atoms with E-state index in [0.717, 1.165) is 34.3 Å². The Hall–Kier alpha value is -1.68. The Morgan fingerprint density at radius 3 is 2.40 bits per heavy atom. The summed E-state index contributed by atoms with van der Waals surface area (Å²) in [5, 5.41) is 1.14. The zero-order chi connectivity index (χ0) is 17.3. The van der Waals surface area contributed by atoms with Crippen molar-refractivity contribution in [2.45, 2.75) is 51.4 Å². The van der Waals surface area contributed by atoms with Crippen molar-refractivity contribution >= 4 is 27.0 Å². The molecule has 0 unspecified atom stereocenters.